The first-order valence-corrected chi connectivity index (χ1v) is 7.04. The summed E-state index contributed by atoms with van der Waals surface area (Å²) < 4.78 is 39.1. The van der Waals surface area contributed by atoms with E-state index in [1.165, 1.54) is 0 Å². The largest absolute Gasteiger partial charge is 0.478 e. The van der Waals surface area contributed by atoms with Gasteiger partial charge in [0.2, 0.25) is 10.0 Å². The summed E-state index contributed by atoms with van der Waals surface area (Å²) in [6, 6.07) is 2.66. The molecule has 0 fully saturated rings. The van der Waals surface area contributed by atoms with Gasteiger partial charge in [-0.2, -0.15) is 0 Å². The number of hydrogen-bond donors (Lipinski definition) is 3. The van der Waals surface area contributed by atoms with Gasteiger partial charge in [0.05, 0.1) is 10.5 Å². The van der Waals surface area contributed by atoms with Gasteiger partial charge in [-0.1, -0.05) is 0 Å². The van der Waals surface area contributed by atoms with E-state index in [2.05, 4.69) is 10.0 Å². The average molecular weight is 290 g/mol. The van der Waals surface area contributed by atoms with Crippen molar-refractivity contribution in [2.45, 2.75) is 11.3 Å². The summed E-state index contributed by atoms with van der Waals surface area (Å²) in [5.74, 6) is -2.48. The lowest BCUT2D eigenvalue weighted by atomic mass is 10.2. The number of sulfonamides is 1. The average Bonchev–Trinajstić information content (AvgIpc) is 2.34. The molecule has 0 atom stereocenters. The lowest BCUT2D eigenvalue weighted by Crippen LogP contribution is -2.27. The monoisotopic (exact) mass is 290 g/mol. The van der Waals surface area contributed by atoms with E-state index < -0.39 is 27.4 Å². The zero-order valence-corrected chi connectivity index (χ0v) is 11.1. The van der Waals surface area contributed by atoms with Crippen LogP contribution in [0.4, 0.5) is 4.39 Å². The second-order valence-electron chi connectivity index (χ2n) is 3.80. The fourth-order valence-corrected chi connectivity index (χ4v) is 2.49. The van der Waals surface area contributed by atoms with Gasteiger partial charge in [0.25, 0.3) is 0 Å². The van der Waals surface area contributed by atoms with Crippen LogP contribution < -0.4 is 10.0 Å². The van der Waals surface area contributed by atoms with Crippen LogP contribution in [0.15, 0.2) is 23.1 Å². The summed E-state index contributed by atoms with van der Waals surface area (Å²) >= 11 is 0. The molecule has 0 unspecified atom stereocenters. The van der Waals surface area contributed by atoms with Gasteiger partial charge in [0, 0.05) is 6.54 Å². The molecule has 0 spiro atoms. The van der Waals surface area contributed by atoms with E-state index in [4.69, 9.17) is 5.11 Å². The number of aromatic carboxylic acids is 1. The molecular weight excluding hydrogens is 275 g/mol. The lowest BCUT2D eigenvalue weighted by Gasteiger charge is -2.07. The summed E-state index contributed by atoms with van der Waals surface area (Å²) in [6.07, 6.45) is 0.586. The Morgan fingerprint density at radius 1 is 1.37 bits per heavy atom. The second kappa shape index (κ2) is 6.60. The van der Waals surface area contributed by atoms with E-state index in [1.807, 2.05) is 0 Å². The molecule has 0 heterocycles. The molecule has 1 aromatic rings. The first-order valence-electron chi connectivity index (χ1n) is 5.55. The number of benzene rings is 1. The summed E-state index contributed by atoms with van der Waals surface area (Å²) in [5.41, 5.74) is -0.668. The minimum atomic E-state index is -3.82. The highest BCUT2D eigenvalue weighted by atomic mass is 32.2. The molecule has 0 radical (unpaired) electrons. The molecule has 106 valence electrons. The van der Waals surface area contributed by atoms with Crippen LogP contribution in [0.25, 0.3) is 0 Å². The van der Waals surface area contributed by atoms with Crippen molar-refractivity contribution in [3.05, 3.63) is 29.6 Å². The minimum absolute atomic E-state index is 0.211. The van der Waals surface area contributed by atoms with Crippen LogP contribution in [-0.4, -0.2) is 39.6 Å². The third kappa shape index (κ3) is 4.27. The van der Waals surface area contributed by atoms with Gasteiger partial charge in [-0.3, -0.25) is 0 Å². The smallest absolute Gasteiger partial charge is 0.338 e. The normalized spacial score (nSPS) is 11.5. The maximum atomic E-state index is 13.2. The molecule has 0 aliphatic carbocycles. The van der Waals surface area contributed by atoms with Crippen LogP contribution >= 0.6 is 0 Å². The molecule has 3 N–H and O–H groups in total. The van der Waals surface area contributed by atoms with E-state index in [-0.39, 0.29) is 11.4 Å². The SMILES string of the molecule is CNCCCNS(=O)(=O)c1ccc(F)c(C(=O)O)c1. The van der Waals surface area contributed by atoms with Crippen molar-refractivity contribution in [2.75, 3.05) is 20.1 Å². The number of carboxylic acids is 1. The zero-order chi connectivity index (χ0) is 14.5. The van der Waals surface area contributed by atoms with Crippen molar-refractivity contribution in [2.24, 2.45) is 0 Å². The van der Waals surface area contributed by atoms with Crippen molar-refractivity contribution in [1.29, 1.82) is 0 Å². The Balaban J connectivity index is 2.89. The number of carbonyl (C=O) groups is 1. The van der Waals surface area contributed by atoms with E-state index in [1.54, 1.807) is 7.05 Å². The zero-order valence-electron chi connectivity index (χ0n) is 10.3. The molecule has 1 aromatic carbocycles. The van der Waals surface area contributed by atoms with Crippen LogP contribution in [0.2, 0.25) is 0 Å². The third-order valence-electron chi connectivity index (χ3n) is 2.37. The highest BCUT2D eigenvalue weighted by molar-refractivity contribution is 7.89. The van der Waals surface area contributed by atoms with Crippen molar-refractivity contribution < 1.29 is 22.7 Å². The Labute approximate surface area is 110 Å². The van der Waals surface area contributed by atoms with Gasteiger partial charge >= 0.3 is 5.97 Å². The number of halogens is 1. The maximum Gasteiger partial charge on any atom is 0.338 e. The Morgan fingerprint density at radius 2 is 2.05 bits per heavy atom. The van der Waals surface area contributed by atoms with Gasteiger partial charge in [-0.25, -0.2) is 22.3 Å². The molecule has 6 nitrogen and oxygen atoms in total. The van der Waals surface area contributed by atoms with Crippen molar-refractivity contribution in [3.8, 4) is 0 Å². The Hall–Kier alpha value is -1.51. The van der Waals surface area contributed by atoms with Gasteiger partial charge in [-0.15, -0.1) is 0 Å². The minimum Gasteiger partial charge on any atom is -0.478 e. The van der Waals surface area contributed by atoms with Crippen LogP contribution in [0.5, 0.6) is 0 Å². The van der Waals surface area contributed by atoms with Gasteiger partial charge in [0.1, 0.15) is 5.82 Å². The molecule has 0 aliphatic rings. The molecule has 0 amide bonds. The number of rotatable bonds is 7. The summed E-state index contributed by atoms with van der Waals surface area (Å²) in [6.45, 7) is 0.856. The predicted octanol–water partition coefficient (Wildman–Crippen LogP) is 0.412. The molecule has 0 aromatic heterocycles. The van der Waals surface area contributed by atoms with Crippen LogP contribution in [-0.2, 0) is 10.0 Å². The number of carboxylic acid groups (broad SMARTS) is 1. The molecule has 1 rings (SSSR count). The molecular formula is C11H15FN2O4S. The fourth-order valence-electron chi connectivity index (χ4n) is 1.39. The predicted molar refractivity (Wildman–Crippen MR) is 67.1 cm³/mol. The molecule has 0 aliphatic heterocycles. The lowest BCUT2D eigenvalue weighted by molar-refractivity contribution is 0.0691. The molecule has 8 heteroatoms. The van der Waals surface area contributed by atoms with Crippen molar-refractivity contribution in [3.63, 3.8) is 0 Å². The van der Waals surface area contributed by atoms with Crippen LogP contribution in [0.3, 0.4) is 0 Å². The quantitative estimate of drug-likeness (QED) is 0.632. The van der Waals surface area contributed by atoms with Crippen molar-refractivity contribution in [1.82, 2.24) is 10.0 Å². The Kier molecular flexibility index (Phi) is 5.40. The summed E-state index contributed by atoms with van der Waals surface area (Å²) in [4.78, 5) is 10.5. The number of nitrogens with one attached hydrogen (secondary N) is 2. The fraction of sp³-hybridized carbons (Fsp3) is 0.364. The number of hydrogen-bond acceptors (Lipinski definition) is 4. The Bertz CT molecular complexity index is 560. The van der Waals surface area contributed by atoms with Crippen LogP contribution in [0.1, 0.15) is 16.8 Å². The highest BCUT2D eigenvalue weighted by Gasteiger charge is 2.18. The summed E-state index contributed by atoms with van der Waals surface area (Å²) in [5, 5.41) is 11.6. The van der Waals surface area contributed by atoms with Gasteiger partial charge < -0.3 is 10.4 Å². The van der Waals surface area contributed by atoms with E-state index >= 15 is 0 Å². The standard InChI is InChI=1S/C11H15FN2O4S/c1-13-5-2-6-14-19(17,18)8-3-4-10(12)9(7-8)11(15)16/h3-4,7,13-14H,2,5-6H2,1H3,(H,15,16). The maximum absolute atomic E-state index is 13.2. The summed E-state index contributed by atoms with van der Waals surface area (Å²) in [7, 11) is -2.08. The molecule has 0 saturated carbocycles. The first kappa shape index (κ1) is 15.5. The van der Waals surface area contributed by atoms with Crippen LogP contribution in [0, 0.1) is 5.82 Å². The molecule has 0 saturated heterocycles. The van der Waals surface area contributed by atoms with Gasteiger partial charge in [0.15, 0.2) is 0 Å². The van der Waals surface area contributed by atoms with E-state index in [9.17, 15) is 17.6 Å². The highest BCUT2D eigenvalue weighted by Crippen LogP contribution is 2.15. The van der Waals surface area contributed by atoms with E-state index in [0.717, 1.165) is 18.2 Å². The topological polar surface area (TPSA) is 95.5 Å². The molecule has 0 bridgehead atoms. The molecule has 19 heavy (non-hydrogen) atoms. The first-order chi connectivity index (χ1) is 8.88. The van der Waals surface area contributed by atoms with Crippen molar-refractivity contribution >= 4 is 16.0 Å². The third-order valence-corrected chi connectivity index (χ3v) is 3.83. The van der Waals surface area contributed by atoms with Gasteiger partial charge in [-0.05, 0) is 38.2 Å². The Morgan fingerprint density at radius 3 is 2.63 bits per heavy atom. The second-order valence-corrected chi connectivity index (χ2v) is 5.57. The van der Waals surface area contributed by atoms with E-state index in [0.29, 0.717) is 13.0 Å².